The molecule has 0 amide bonds. The first-order valence-corrected chi connectivity index (χ1v) is 6.27. The van der Waals surface area contributed by atoms with Gasteiger partial charge in [-0.05, 0) is 0 Å². The summed E-state index contributed by atoms with van der Waals surface area (Å²) < 4.78 is 0. The van der Waals surface area contributed by atoms with Gasteiger partial charge in [-0.25, -0.2) is 0 Å². The number of hydrogen-bond donors (Lipinski definition) is 0. The Labute approximate surface area is 55.6 Å². The molecule has 0 aromatic carbocycles. The molecule has 4 heavy (non-hydrogen) atoms. The van der Waals surface area contributed by atoms with E-state index in [0.29, 0.717) is 0 Å². The fraction of sp³-hybridized carbons (Fsp3) is 0. The van der Waals surface area contributed by atoms with Crippen molar-refractivity contribution in [1.29, 1.82) is 0 Å². The minimum atomic E-state index is 0.933. The van der Waals surface area contributed by atoms with Crippen LogP contribution < -0.4 is 0 Å². The second-order valence-corrected chi connectivity index (χ2v) is 0. The molecule has 0 heterocycles. The van der Waals surface area contributed by atoms with Crippen molar-refractivity contribution in [3.63, 3.8) is 0 Å². The van der Waals surface area contributed by atoms with E-state index in [9.17, 15) is 0 Å². The second kappa shape index (κ2) is 21.2. The van der Waals surface area contributed by atoms with Gasteiger partial charge in [-0.1, -0.05) is 0 Å². The monoisotopic (exact) mass is 242 g/mol. The molecule has 0 atom stereocenters. The molecule has 0 saturated heterocycles. The van der Waals surface area contributed by atoms with Crippen molar-refractivity contribution in [2.24, 2.45) is 0 Å². The van der Waals surface area contributed by atoms with E-state index in [1.165, 1.54) is 0 Å². The normalized spacial score (nSPS) is 2.25. The van der Waals surface area contributed by atoms with Crippen LogP contribution in [0.25, 0.3) is 0 Å². The molecule has 26 valence electrons. The van der Waals surface area contributed by atoms with Gasteiger partial charge >= 0.3 is 56.2 Å². The topological polar surface area (TPSA) is 0 Å². The van der Waals surface area contributed by atoms with Crippen LogP contribution in [0.4, 0.5) is 0 Å². The number of hydrogen-bond acceptors (Lipinski definition) is 2. The van der Waals surface area contributed by atoms with E-state index in [1.54, 1.807) is 0 Å². The van der Waals surface area contributed by atoms with Crippen molar-refractivity contribution in [3.05, 3.63) is 0 Å². The molecule has 0 aliphatic heterocycles. The molecular formula is CuInS2. The van der Waals surface area contributed by atoms with Crippen LogP contribution in [0.5, 0.6) is 0 Å². The van der Waals surface area contributed by atoms with Crippen LogP contribution in [-0.2, 0) is 14.4 Å². The third-order valence-electron chi connectivity index (χ3n) is 0. The van der Waals surface area contributed by atoms with Crippen molar-refractivity contribution in [1.82, 2.24) is 0 Å². The molecule has 0 saturated carbocycles. The van der Waals surface area contributed by atoms with E-state index in [0.717, 1.165) is 22.4 Å². The third kappa shape index (κ3) is 9.16. The molecule has 4 heteroatoms. The van der Waals surface area contributed by atoms with Gasteiger partial charge in [0, 0.05) is 0 Å². The Hall–Kier alpha value is 1.83. The predicted octanol–water partition coefficient (Wildman–Crippen LogP) is 0.913. The Kier molecular flexibility index (Phi) is 49.0. The Morgan fingerprint density at radius 1 is 1.25 bits per heavy atom. The zero-order valence-corrected chi connectivity index (χ0v) is 7.57. The van der Waals surface area contributed by atoms with E-state index < -0.39 is 0 Å². The quantitative estimate of drug-likeness (QED) is 0.579. The average Bonchev–Trinajstić information content (AvgIpc) is 1.50. The van der Waals surface area contributed by atoms with Crippen LogP contribution >= 0.6 is 19.5 Å². The van der Waals surface area contributed by atoms with Gasteiger partial charge in [-0.3, -0.25) is 0 Å². The molecule has 0 aliphatic carbocycles. The average molecular weight is 242 g/mol. The van der Waals surface area contributed by atoms with Gasteiger partial charge in [0.05, 0.1) is 0 Å². The van der Waals surface area contributed by atoms with Crippen molar-refractivity contribution in [2.45, 2.75) is 0 Å². The third-order valence-corrected chi connectivity index (χ3v) is 0. The van der Waals surface area contributed by atoms with E-state index in [1.807, 2.05) is 0 Å². The fourth-order valence-electron chi connectivity index (χ4n) is 0. The van der Waals surface area contributed by atoms with Crippen molar-refractivity contribution >= 4 is 41.8 Å². The number of rotatable bonds is 0. The van der Waals surface area contributed by atoms with Gasteiger partial charge in [0.15, 0.2) is 0 Å². The van der Waals surface area contributed by atoms with E-state index in [2.05, 4.69) is 33.9 Å². The molecule has 0 bridgehead atoms. The van der Waals surface area contributed by atoms with Crippen molar-refractivity contribution < 1.29 is 14.4 Å². The van der Waals surface area contributed by atoms with Crippen LogP contribution in [0, 0.1) is 0 Å². The van der Waals surface area contributed by atoms with Gasteiger partial charge in [-0.2, -0.15) is 0 Å². The molecule has 0 nitrogen and oxygen atoms in total. The fourth-order valence-corrected chi connectivity index (χ4v) is 0. The van der Waals surface area contributed by atoms with E-state index >= 15 is 0 Å². The molecule has 0 rings (SSSR count). The first-order chi connectivity index (χ1) is 2.00. The van der Waals surface area contributed by atoms with Crippen LogP contribution in [0.3, 0.4) is 0 Å². The van der Waals surface area contributed by atoms with E-state index in [-0.39, 0.29) is 0 Å². The molecule has 0 N–H and O–H groups in total. The maximum atomic E-state index is 4.21. The van der Waals surface area contributed by atoms with Gasteiger partial charge in [0.25, 0.3) is 0 Å². The first-order valence-electron chi connectivity index (χ1n) is 0.359. The van der Waals surface area contributed by atoms with Crippen LogP contribution in [0.1, 0.15) is 0 Å². The Morgan fingerprint density at radius 2 is 1.25 bits per heavy atom. The molecule has 0 fully saturated rings. The van der Waals surface area contributed by atoms with Crippen LogP contribution in [-0.4, -0.2) is 22.4 Å². The summed E-state index contributed by atoms with van der Waals surface area (Å²) in [6.07, 6.45) is 0. The summed E-state index contributed by atoms with van der Waals surface area (Å²) in [5.74, 6) is 0. The summed E-state index contributed by atoms with van der Waals surface area (Å²) in [5.41, 5.74) is 0. The second-order valence-electron chi connectivity index (χ2n) is 0. The molecule has 0 aliphatic rings. The molecule has 0 spiro atoms. The summed E-state index contributed by atoms with van der Waals surface area (Å²) in [6, 6.07) is 0. The molecule has 0 aromatic rings. The summed E-state index contributed by atoms with van der Waals surface area (Å²) in [6.45, 7) is 0. The minimum absolute atomic E-state index is 0.933. The first kappa shape index (κ1) is 9.27. The van der Waals surface area contributed by atoms with Gasteiger partial charge in [0.1, 0.15) is 0 Å². The Morgan fingerprint density at radius 3 is 1.25 bits per heavy atom. The van der Waals surface area contributed by atoms with Crippen LogP contribution in [0.2, 0.25) is 0 Å². The van der Waals surface area contributed by atoms with Gasteiger partial charge in [-0.15, -0.1) is 0 Å². The van der Waals surface area contributed by atoms with Crippen LogP contribution in [0.15, 0.2) is 0 Å². The summed E-state index contributed by atoms with van der Waals surface area (Å²) in [5, 5.41) is 0. The maximum absolute atomic E-state index is 4.21. The van der Waals surface area contributed by atoms with Gasteiger partial charge in [0.2, 0.25) is 0 Å². The molecule has 1 radical (unpaired) electrons. The summed E-state index contributed by atoms with van der Waals surface area (Å²) >= 11 is 4.70. The van der Waals surface area contributed by atoms with Gasteiger partial charge < -0.3 is 0 Å². The molecule has 0 aromatic heterocycles. The zero-order valence-electron chi connectivity index (χ0n) is 1.70. The Balaban J connectivity index is 0. The molecular weight excluding hydrogens is 242 g/mol. The summed E-state index contributed by atoms with van der Waals surface area (Å²) in [7, 11) is 7.86. The summed E-state index contributed by atoms with van der Waals surface area (Å²) in [4.78, 5) is 0. The van der Waals surface area contributed by atoms with Crippen molar-refractivity contribution in [3.8, 4) is 0 Å². The SMILES string of the molecule is [S]=[Cu].[S]=[In]. The predicted molar refractivity (Wildman–Crippen MR) is 20.9 cm³/mol. The van der Waals surface area contributed by atoms with E-state index in [4.69, 9.17) is 0 Å². The molecule has 0 unspecified atom stereocenters. The zero-order chi connectivity index (χ0) is 4.00. The standard InChI is InChI=1S/Cu.In.2S. The Bertz CT molecular complexity index is 8.00. The van der Waals surface area contributed by atoms with Crippen molar-refractivity contribution in [2.75, 3.05) is 0 Å².